The molecule has 0 bridgehead atoms. The minimum absolute atomic E-state index is 0.253. The Kier molecular flexibility index (Phi) is 3.09. The summed E-state index contributed by atoms with van der Waals surface area (Å²) in [5.41, 5.74) is 0. The lowest BCUT2D eigenvalue weighted by Crippen LogP contribution is -2.38. The van der Waals surface area contributed by atoms with E-state index in [1.165, 1.54) is 6.92 Å². The van der Waals surface area contributed by atoms with Crippen LogP contribution in [0.3, 0.4) is 0 Å². The molecule has 0 radical (unpaired) electrons. The Balaban J connectivity index is 2.46. The van der Waals surface area contributed by atoms with Crippen LogP contribution >= 0.6 is 0 Å². The number of carbonyl (C=O) groups excluding carboxylic acids is 1. The highest BCUT2D eigenvalue weighted by atomic mass is 16.6. The summed E-state index contributed by atoms with van der Waals surface area (Å²) >= 11 is 0. The second-order valence-electron chi connectivity index (χ2n) is 3.55. The Bertz CT molecular complexity index is 167. The Morgan fingerprint density at radius 2 is 2.17 bits per heavy atom. The van der Waals surface area contributed by atoms with Gasteiger partial charge in [-0.25, -0.2) is 0 Å². The van der Waals surface area contributed by atoms with Crippen LogP contribution in [0.15, 0.2) is 0 Å². The number of aliphatic hydroxyl groups is 1. The summed E-state index contributed by atoms with van der Waals surface area (Å²) in [4.78, 5) is 10.6. The van der Waals surface area contributed by atoms with E-state index in [4.69, 9.17) is 4.74 Å². The number of hydrogen-bond donors (Lipinski definition) is 1. The largest absolute Gasteiger partial charge is 0.460 e. The van der Waals surface area contributed by atoms with Crippen LogP contribution in [-0.4, -0.2) is 23.3 Å². The van der Waals surface area contributed by atoms with Crippen molar-refractivity contribution < 1.29 is 14.6 Å². The van der Waals surface area contributed by atoms with E-state index >= 15 is 0 Å². The van der Waals surface area contributed by atoms with Gasteiger partial charge in [0, 0.05) is 6.92 Å². The Morgan fingerprint density at radius 3 is 2.75 bits per heavy atom. The fraction of sp³-hybridized carbons (Fsp3) is 0.889. The van der Waals surface area contributed by atoms with Crippen molar-refractivity contribution in [1.82, 2.24) is 0 Å². The molecule has 0 saturated heterocycles. The van der Waals surface area contributed by atoms with E-state index in [0.717, 1.165) is 19.3 Å². The van der Waals surface area contributed by atoms with Crippen LogP contribution in [0.1, 0.15) is 33.1 Å². The number of hydrogen-bond acceptors (Lipinski definition) is 3. The summed E-state index contributed by atoms with van der Waals surface area (Å²) in [6, 6.07) is 0. The molecule has 0 amide bonds. The molecule has 1 fully saturated rings. The molecular formula is C9H16O3. The molecule has 0 aliphatic heterocycles. The lowest BCUT2D eigenvalue weighted by Gasteiger charge is -2.31. The molecule has 12 heavy (non-hydrogen) atoms. The molecule has 0 aromatic rings. The van der Waals surface area contributed by atoms with Crippen LogP contribution in [0.5, 0.6) is 0 Å². The molecule has 0 aromatic heterocycles. The van der Waals surface area contributed by atoms with Gasteiger partial charge in [-0.2, -0.15) is 0 Å². The molecule has 0 spiro atoms. The van der Waals surface area contributed by atoms with Crippen molar-refractivity contribution in [3.8, 4) is 0 Å². The maximum absolute atomic E-state index is 10.6. The standard InChI is InChI=1S/C9H16O3/c1-6-4-3-5-8(9(6)11)12-7(2)10/h6,8-9,11H,3-5H2,1-2H3/t6-,8-,9+/m1/s1. The Morgan fingerprint density at radius 1 is 1.50 bits per heavy atom. The molecule has 70 valence electrons. The lowest BCUT2D eigenvalue weighted by atomic mass is 9.86. The van der Waals surface area contributed by atoms with Gasteiger partial charge in [0.15, 0.2) is 0 Å². The molecule has 3 heteroatoms. The summed E-state index contributed by atoms with van der Waals surface area (Å²) in [5, 5.41) is 9.61. The van der Waals surface area contributed by atoms with E-state index in [9.17, 15) is 9.90 Å². The van der Waals surface area contributed by atoms with Gasteiger partial charge in [0.25, 0.3) is 0 Å². The van der Waals surface area contributed by atoms with E-state index in [1.807, 2.05) is 6.92 Å². The highest BCUT2D eigenvalue weighted by Gasteiger charge is 2.30. The zero-order valence-corrected chi connectivity index (χ0v) is 7.62. The van der Waals surface area contributed by atoms with Gasteiger partial charge in [0.05, 0.1) is 6.10 Å². The minimum Gasteiger partial charge on any atom is -0.460 e. The van der Waals surface area contributed by atoms with E-state index < -0.39 is 6.10 Å². The second-order valence-corrected chi connectivity index (χ2v) is 3.55. The minimum atomic E-state index is -0.470. The average Bonchev–Trinajstić information content (AvgIpc) is 1.98. The number of carbonyl (C=O) groups is 1. The van der Waals surface area contributed by atoms with Crippen LogP contribution in [0, 0.1) is 5.92 Å². The van der Waals surface area contributed by atoms with Crippen LogP contribution in [-0.2, 0) is 9.53 Å². The van der Waals surface area contributed by atoms with Crippen molar-refractivity contribution in [1.29, 1.82) is 0 Å². The van der Waals surface area contributed by atoms with Gasteiger partial charge >= 0.3 is 5.97 Å². The van der Waals surface area contributed by atoms with Gasteiger partial charge in [-0.05, 0) is 25.2 Å². The lowest BCUT2D eigenvalue weighted by molar-refractivity contribution is -0.157. The average molecular weight is 172 g/mol. The van der Waals surface area contributed by atoms with Gasteiger partial charge in [0.2, 0.25) is 0 Å². The monoisotopic (exact) mass is 172 g/mol. The van der Waals surface area contributed by atoms with Crippen LogP contribution in [0.2, 0.25) is 0 Å². The number of esters is 1. The molecule has 1 saturated carbocycles. The highest BCUT2D eigenvalue weighted by molar-refractivity contribution is 5.66. The number of rotatable bonds is 1. The first-order valence-corrected chi connectivity index (χ1v) is 4.46. The summed E-state index contributed by atoms with van der Waals surface area (Å²) < 4.78 is 4.98. The third-order valence-electron chi connectivity index (χ3n) is 2.43. The number of ether oxygens (including phenoxy) is 1. The fourth-order valence-electron chi connectivity index (χ4n) is 1.69. The van der Waals surface area contributed by atoms with Crippen LogP contribution in [0.4, 0.5) is 0 Å². The van der Waals surface area contributed by atoms with Crippen LogP contribution in [0.25, 0.3) is 0 Å². The van der Waals surface area contributed by atoms with E-state index in [0.29, 0.717) is 0 Å². The zero-order chi connectivity index (χ0) is 9.14. The SMILES string of the molecule is CC(=O)O[C@@H]1CCC[C@@H](C)[C@@H]1O. The molecule has 3 atom stereocenters. The Labute approximate surface area is 72.7 Å². The van der Waals surface area contributed by atoms with E-state index in [2.05, 4.69) is 0 Å². The van der Waals surface area contributed by atoms with Crippen molar-refractivity contribution in [2.24, 2.45) is 5.92 Å². The van der Waals surface area contributed by atoms with Crippen molar-refractivity contribution >= 4 is 5.97 Å². The first-order chi connectivity index (χ1) is 5.61. The molecule has 0 unspecified atom stereocenters. The molecule has 1 N–H and O–H groups in total. The summed E-state index contributed by atoms with van der Waals surface area (Å²) in [6.07, 6.45) is 2.12. The summed E-state index contributed by atoms with van der Waals surface area (Å²) in [7, 11) is 0. The maximum Gasteiger partial charge on any atom is 0.302 e. The zero-order valence-electron chi connectivity index (χ0n) is 7.62. The van der Waals surface area contributed by atoms with Gasteiger partial charge in [-0.1, -0.05) is 6.92 Å². The molecule has 1 aliphatic rings. The first-order valence-electron chi connectivity index (χ1n) is 4.46. The Hall–Kier alpha value is -0.570. The second kappa shape index (κ2) is 3.90. The van der Waals surface area contributed by atoms with Gasteiger partial charge in [-0.15, -0.1) is 0 Å². The predicted octanol–water partition coefficient (Wildman–Crippen LogP) is 1.10. The van der Waals surface area contributed by atoms with E-state index in [1.54, 1.807) is 0 Å². The molecule has 1 rings (SSSR count). The van der Waals surface area contributed by atoms with Gasteiger partial charge in [0.1, 0.15) is 6.10 Å². The smallest absolute Gasteiger partial charge is 0.302 e. The van der Waals surface area contributed by atoms with Crippen molar-refractivity contribution in [3.05, 3.63) is 0 Å². The topological polar surface area (TPSA) is 46.5 Å². The number of aliphatic hydroxyl groups excluding tert-OH is 1. The van der Waals surface area contributed by atoms with Crippen molar-refractivity contribution in [3.63, 3.8) is 0 Å². The molecule has 0 aromatic carbocycles. The van der Waals surface area contributed by atoms with Crippen LogP contribution < -0.4 is 0 Å². The first kappa shape index (κ1) is 9.52. The van der Waals surface area contributed by atoms with Crippen molar-refractivity contribution in [2.75, 3.05) is 0 Å². The molecule has 1 aliphatic carbocycles. The third kappa shape index (κ3) is 2.21. The predicted molar refractivity (Wildman–Crippen MR) is 44.6 cm³/mol. The van der Waals surface area contributed by atoms with Crippen molar-refractivity contribution in [2.45, 2.75) is 45.3 Å². The highest BCUT2D eigenvalue weighted by Crippen LogP contribution is 2.26. The molecule has 3 nitrogen and oxygen atoms in total. The normalized spacial score (nSPS) is 36.1. The van der Waals surface area contributed by atoms with E-state index in [-0.39, 0.29) is 18.0 Å². The molecule has 0 heterocycles. The van der Waals surface area contributed by atoms with Gasteiger partial charge < -0.3 is 9.84 Å². The summed E-state index contributed by atoms with van der Waals surface area (Å²) in [5.74, 6) is -0.0451. The quantitative estimate of drug-likeness (QED) is 0.602. The third-order valence-corrected chi connectivity index (χ3v) is 2.43. The molecular weight excluding hydrogens is 156 g/mol. The fourth-order valence-corrected chi connectivity index (χ4v) is 1.69. The van der Waals surface area contributed by atoms with Gasteiger partial charge in [-0.3, -0.25) is 4.79 Å². The summed E-state index contributed by atoms with van der Waals surface area (Å²) in [6.45, 7) is 3.37. The maximum atomic E-state index is 10.6.